The first-order valence-electron chi connectivity index (χ1n) is 8.14. The van der Waals surface area contributed by atoms with Gasteiger partial charge in [-0.1, -0.05) is 0 Å². The van der Waals surface area contributed by atoms with Crippen LogP contribution in [0.25, 0.3) is 0 Å². The fourth-order valence-electron chi connectivity index (χ4n) is 3.28. The number of rotatable bonds is 3. The standard InChI is InChI=1S/C16H25N3O2S/c1-12-11-19(13-5-9-21-10-6-13)17-15(12)16(20)18-7-3-14(22-2)4-8-18/h11,13-14H,3-10H2,1-2H3. The third-order valence-electron chi connectivity index (χ3n) is 4.74. The number of aryl methyl sites for hydroxylation is 1. The van der Waals surface area contributed by atoms with Crippen LogP contribution in [0.2, 0.25) is 0 Å². The van der Waals surface area contributed by atoms with E-state index in [1.165, 1.54) is 0 Å². The van der Waals surface area contributed by atoms with Crippen molar-refractivity contribution < 1.29 is 9.53 Å². The van der Waals surface area contributed by atoms with Crippen LogP contribution in [0.5, 0.6) is 0 Å². The Labute approximate surface area is 136 Å². The summed E-state index contributed by atoms with van der Waals surface area (Å²) in [5.74, 6) is 0.0999. The lowest BCUT2D eigenvalue weighted by atomic mass is 10.1. The van der Waals surface area contributed by atoms with Gasteiger partial charge in [-0.05, 0) is 38.9 Å². The number of hydrogen-bond donors (Lipinski definition) is 0. The Kier molecular flexibility index (Phi) is 5.08. The van der Waals surface area contributed by atoms with Gasteiger partial charge in [0.1, 0.15) is 0 Å². The molecule has 22 heavy (non-hydrogen) atoms. The van der Waals surface area contributed by atoms with Gasteiger partial charge in [-0.25, -0.2) is 0 Å². The molecule has 0 radical (unpaired) electrons. The molecule has 6 heteroatoms. The molecule has 5 nitrogen and oxygen atoms in total. The smallest absolute Gasteiger partial charge is 0.274 e. The number of ether oxygens (including phenoxy) is 1. The Morgan fingerprint density at radius 3 is 2.59 bits per heavy atom. The summed E-state index contributed by atoms with van der Waals surface area (Å²) in [6, 6.07) is 0.372. The molecule has 0 aliphatic carbocycles. The Bertz CT molecular complexity index is 517. The van der Waals surface area contributed by atoms with E-state index in [1.807, 2.05) is 34.5 Å². The molecule has 122 valence electrons. The molecule has 2 saturated heterocycles. The van der Waals surface area contributed by atoms with Crippen LogP contribution in [0.3, 0.4) is 0 Å². The molecular formula is C16H25N3O2S. The average molecular weight is 323 g/mol. The van der Waals surface area contributed by atoms with Gasteiger partial charge in [0, 0.05) is 43.3 Å². The molecule has 0 saturated carbocycles. The van der Waals surface area contributed by atoms with Gasteiger partial charge in [0.15, 0.2) is 5.69 Å². The molecule has 1 aromatic rings. The summed E-state index contributed by atoms with van der Waals surface area (Å²) in [5, 5.41) is 5.31. The first-order chi connectivity index (χ1) is 10.7. The molecule has 0 N–H and O–H groups in total. The number of carbonyl (C=O) groups excluding carboxylic acids is 1. The van der Waals surface area contributed by atoms with Crippen molar-refractivity contribution in [3.63, 3.8) is 0 Å². The number of carbonyl (C=O) groups is 1. The molecular weight excluding hydrogens is 298 g/mol. The van der Waals surface area contributed by atoms with Gasteiger partial charge in [0.2, 0.25) is 0 Å². The molecule has 0 atom stereocenters. The molecule has 3 heterocycles. The summed E-state index contributed by atoms with van der Waals surface area (Å²) in [6.07, 6.45) is 8.32. The molecule has 2 aliphatic rings. The van der Waals surface area contributed by atoms with Crippen LogP contribution < -0.4 is 0 Å². The minimum absolute atomic E-state index is 0.0999. The van der Waals surface area contributed by atoms with E-state index in [2.05, 4.69) is 11.4 Å². The minimum atomic E-state index is 0.0999. The average Bonchev–Trinajstić information content (AvgIpc) is 2.97. The summed E-state index contributed by atoms with van der Waals surface area (Å²) in [7, 11) is 0. The predicted molar refractivity (Wildman–Crippen MR) is 88.5 cm³/mol. The second-order valence-corrected chi connectivity index (χ2v) is 7.35. The highest BCUT2D eigenvalue weighted by molar-refractivity contribution is 7.99. The molecule has 2 aliphatic heterocycles. The molecule has 3 rings (SSSR count). The number of piperidine rings is 1. The first-order valence-corrected chi connectivity index (χ1v) is 9.43. The van der Waals surface area contributed by atoms with E-state index in [-0.39, 0.29) is 5.91 Å². The number of likely N-dealkylation sites (tertiary alicyclic amines) is 1. The van der Waals surface area contributed by atoms with Crippen LogP contribution in [-0.4, -0.2) is 58.4 Å². The maximum atomic E-state index is 12.7. The van der Waals surface area contributed by atoms with Crippen molar-refractivity contribution in [3.8, 4) is 0 Å². The van der Waals surface area contributed by atoms with Crippen LogP contribution in [0.1, 0.15) is 47.8 Å². The largest absolute Gasteiger partial charge is 0.381 e. The summed E-state index contributed by atoms with van der Waals surface area (Å²) in [5.41, 5.74) is 1.62. The van der Waals surface area contributed by atoms with Crippen molar-refractivity contribution in [1.82, 2.24) is 14.7 Å². The van der Waals surface area contributed by atoms with E-state index in [4.69, 9.17) is 4.74 Å². The third-order valence-corrected chi connectivity index (χ3v) is 5.88. The Balaban J connectivity index is 1.69. The Morgan fingerprint density at radius 2 is 1.95 bits per heavy atom. The quantitative estimate of drug-likeness (QED) is 0.857. The van der Waals surface area contributed by atoms with Crippen LogP contribution in [0.4, 0.5) is 0 Å². The van der Waals surface area contributed by atoms with E-state index >= 15 is 0 Å². The van der Waals surface area contributed by atoms with E-state index in [0.29, 0.717) is 17.0 Å². The lowest BCUT2D eigenvalue weighted by molar-refractivity contribution is 0.0651. The van der Waals surface area contributed by atoms with Gasteiger partial charge >= 0.3 is 0 Å². The van der Waals surface area contributed by atoms with Crippen molar-refractivity contribution in [2.75, 3.05) is 32.6 Å². The summed E-state index contributed by atoms with van der Waals surface area (Å²) in [6.45, 7) is 5.27. The second-order valence-electron chi connectivity index (χ2n) is 6.21. The van der Waals surface area contributed by atoms with Crippen molar-refractivity contribution in [1.29, 1.82) is 0 Å². The fourth-order valence-corrected chi connectivity index (χ4v) is 3.96. The van der Waals surface area contributed by atoms with Crippen LogP contribution >= 0.6 is 11.8 Å². The summed E-state index contributed by atoms with van der Waals surface area (Å²) in [4.78, 5) is 14.7. The number of nitrogens with zero attached hydrogens (tertiary/aromatic N) is 3. The summed E-state index contributed by atoms with van der Waals surface area (Å²) >= 11 is 1.91. The maximum Gasteiger partial charge on any atom is 0.274 e. The SMILES string of the molecule is CSC1CCN(C(=O)c2nn(C3CCOCC3)cc2C)CC1. The monoisotopic (exact) mass is 323 g/mol. The van der Waals surface area contributed by atoms with Crippen LogP contribution in [0, 0.1) is 6.92 Å². The molecule has 1 amide bonds. The molecule has 0 spiro atoms. The van der Waals surface area contributed by atoms with E-state index < -0.39 is 0 Å². The van der Waals surface area contributed by atoms with Gasteiger partial charge in [0.25, 0.3) is 5.91 Å². The minimum Gasteiger partial charge on any atom is -0.381 e. The predicted octanol–water partition coefficient (Wildman–Crippen LogP) is 2.51. The van der Waals surface area contributed by atoms with Gasteiger partial charge in [0.05, 0.1) is 6.04 Å². The fraction of sp³-hybridized carbons (Fsp3) is 0.750. The normalized spacial score (nSPS) is 21.3. The number of aromatic nitrogens is 2. The van der Waals surface area contributed by atoms with Crippen molar-refractivity contribution in [3.05, 3.63) is 17.5 Å². The van der Waals surface area contributed by atoms with E-state index in [9.17, 15) is 4.79 Å². The molecule has 0 aromatic carbocycles. The van der Waals surface area contributed by atoms with Crippen molar-refractivity contribution >= 4 is 17.7 Å². The third kappa shape index (κ3) is 3.33. The Hall–Kier alpha value is -1.01. The van der Waals surface area contributed by atoms with Crippen LogP contribution in [-0.2, 0) is 4.74 Å². The highest BCUT2D eigenvalue weighted by Crippen LogP contribution is 2.24. The highest BCUT2D eigenvalue weighted by Gasteiger charge is 2.27. The number of thioether (sulfide) groups is 1. The van der Waals surface area contributed by atoms with Gasteiger partial charge in [-0.2, -0.15) is 16.9 Å². The van der Waals surface area contributed by atoms with Crippen molar-refractivity contribution in [2.45, 2.75) is 43.9 Å². The lowest BCUT2D eigenvalue weighted by Gasteiger charge is -2.30. The molecule has 1 aromatic heterocycles. The van der Waals surface area contributed by atoms with E-state index in [1.54, 1.807) is 0 Å². The topological polar surface area (TPSA) is 47.4 Å². The van der Waals surface area contributed by atoms with Crippen molar-refractivity contribution in [2.24, 2.45) is 0 Å². The first kappa shape index (κ1) is 15.9. The molecule has 0 unspecified atom stereocenters. The van der Waals surface area contributed by atoms with Gasteiger partial charge in [-0.15, -0.1) is 0 Å². The van der Waals surface area contributed by atoms with Gasteiger partial charge < -0.3 is 9.64 Å². The maximum absolute atomic E-state index is 12.7. The van der Waals surface area contributed by atoms with Gasteiger partial charge in [-0.3, -0.25) is 9.48 Å². The Morgan fingerprint density at radius 1 is 1.27 bits per heavy atom. The molecule has 0 bridgehead atoms. The zero-order chi connectivity index (χ0) is 15.5. The van der Waals surface area contributed by atoms with Crippen LogP contribution in [0.15, 0.2) is 6.20 Å². The highest BCUT2D eigenvalue weighted by atomic mass is 32.2. The second kappa shape index (κ2) is 7.04. The zero-order valence-corrected chi connectivity index (χ0v) is 14.3. The molecule has 2 fully saturated rings. The zero-order valence-electron chi connectivity index (χ0n) is 13.5. The van der Waals surface area contributed by atoms with E-state index in [0.717, 1.165) is 57.6 Å². The number of amides is 1. The number of hydrogen-bond acceptors (Lipinski definition) is 4. The lowest BCUT2D eigenvalue weighted by Crippen LogP contribution is -2.39. The summed E-state index contributed by atoms with van der Waals surface area (Å²) < 4.78 is 7.39.